The molecule has 2 atom stereocenters. The number of nitrogens with zero attached hydrogens (tertiary/aromatic N) is 1. The van der Waals surface area contributed by atoms with Crippen LogP contribution in [0.1, 0.15) is 51.9 Å². The van der Waals surface area contributed by atoms with Crippen molar-refractivity contribution in [2.24, 2.45) is 11.3 Å². The molecule has 3 rings (SSSR count). The lowest BCUT2D eigenvalue weighted by atomic mass is 9.56. The molecule has 0 radical (unpaired) electrons. The van der Waals surface area contributed by atoms with Gasteiger partial charge in [-0.1, -0.05) is 6.92 Å². The van der Waals surface area contributed by atoms with Crippen molar-refractivity contribution in [3.8, 4) is 0 Å². The van der Waals surface area contributed by atoms with Crippen LogP contribution < -0.4 is 0 Å². The van der Waals surface area contributed by atoms with E-state index >= 15 is 0 Å². The number of fused-ring (bicyclic) bond motifs is 1. The van der Waals surface area contributed by atoms with Gasteiger partial charge in [0.2, 0.25) is 5.91 Å². The van der Waals surface area contributed by atoms with Crippen LogP contribution in [-0.2, 0) is 9.53 Å². The molecule has 0 bridgehead atoms. The first-order valence-electron chi connectivity index (χ1n) is 7.62. The van der Waals surface area contributed by atoms with Crippen LogP contribution >= 0.6 is 0 Å². The third-order valence-corrected chi connectivity index (χ3v) is 5.20. The minimum Gasteiger partial charge on any atom is -0.381 e. The molecule has 0 spiro atoms. The van der Waals surface area contributed by atoms with Crippen molar-refractivity contribution in [1.82, 2.24) is 4.90 Å². The molecule has 0 aromatic rings. The van der Waals surface area contributed by atoms with Gasteiger partial charge in [-0.2, -0.15) is 0 Å². The van der Waals surface area contributed by atoms with Crippen molar-refractivity contribution >= 4 is 5.91 Å². The topological polar surface area (TPSA) is 29.5 Å². The van der Waals surface area contributed by atoms with E-state index in [1.807, 2.05) is 0 Å². The van der Waals surface area contributed by atoms with Crippen molar-refractivity contribution in [2.75, 3.05) is 19.8 Å². The molecule has 102 valence electrons. The fraction of sp³-hybridized carbons (Fsp3) is 0.933. The zero-order chi connectivity index (χ0) is 12.6. The molecule has 3 heteroatoms. The second kappa shape index (κ2) is 4.84. The molecular formula is C15H25NO2. The van der Waals surface area contributed by atoms with Crippen LogP contribution in [-0.4, -0.2) is 36.6 Å². The quantitative estimate of drug-likeness (QED) is 0.751. The van der Waals surface area contributed by atoms with Crippen LogP contribution in [0.25, 0.3) is 0 Å². The Labute approximate surface area is 110 Å². The average Bonchev–Trinajstić information content (AvgIpc) is 3.15. The molecule has 18 heavy (non-hydrogen) atoms. The SMILES string of the molecule is CCCN(C(=O)CC12CCOCC1CC2)C1CC1. The summed E-state index contributed by atoms with van der Waals surface area (Å²) in [5.74, 6) is 1.09. The number of hydrogen-bond donors (Lipinski definition) is 0. The molecular weight excluding hydrogens is 226 g/mol. The van der Waals surface area contributed by atoms with E-state index < -0.39 is 0 Å². The summed E-state index contributed by atoms with van der Waals surface area (Å²) in [7, 11) is 0. The Morgan fingerprint density at radius 3 is 2.72 bits per heavy atom. The van der Waals surface area contributed by atoms with E-state index in [-0.39, 0.29) is 0 Å². The maximum Gasteiger partial charge on any atom is 0.223 e. The standard InChI is InChI=1S/C15H25NO2/c1-2-8-16(13-3-4-13)14(17)10-15-6-5-12(15)11-18-9-7-15/h12-13H,2-11H2,1H3. The number of hydrogen-bond acceptors (Lipinski definition) is 2. The van der Waals surface area contributed by atoms with Crippen LogP contribution in [0.4, 0.5) is 0 Å². The Bertz CT molecular complexity index is 326. The maximum absolute atomic E-state index is 12.6. The van der Waals surface area contributed by atoms with E-state index in [9.17, 15) is 4.79 Å². The van der Waals surface area contributed by atoms with Gasteiger partial charge in [0.15, 0.2) is 0 Å². The highest BCUT2D eigenvalue weighted by atomic mass is 16.5. The zero-order valence-electron chi connectivity index (χ0n) is 11.5. The summed E-state index contributed by atoms with van der Waals surface area (Å²) in [6.45, 7) is 4.88. The van der Waals surface area contributed by atoms with Crippen LogP contribution in [0.3, 0.4) is 0 Å². The van der Waals surface area contributed by atoms with E-state index in [1.165, 1.54) is 25.7 Å². The lowest BCUT2D eigenvalue weighted by Crippen LogP contribution is -2.50. The van der Waals surface area contributed by atoms with Gasteiger partial charge < -0.3 is 9.64 Å². The molecule has 2 unspecified atom stereocenters. The fourth-order valence-corrected chi connectivity index (χ4v) is 3.71. The number of amides is 1. The molecule has 0 aromatic heterocycles. The summed E-state index contributed by atoms with van der Waals surface area (Å²) in [4.78, 5) is 14.7. The zero-order valence-corrected chi connectivity index (χ0v) is 11.5. The van der Waals surface area contributed by atoms with Gasteiger partial charge in [0, 0.05) is 32.2 Å². The lowest BCUT2D eigenvalue weighted by molar-refractivity contribution is -0.148. The maximum atomic E-state index is 12.6. The van der Waals surface area contributed by atoms with E-state index in [0.29, 0.717) is 23.3 Å². The second-order valence-corrected chi connectivity index (χ2v) is 6.42. The first kappa shape index (κ1) is 12.5. The fourth-order valence-electron chi connectivity index (χ4n) is 3.71. The molecule has 0 N–H and O–H groups in total. The van der Waals surface area contributed by atoms with Gasteiger partial charge in [-0.25, -0.2) is 0 Å². The number of rotatable bonds is 5. The molecule has 2 saturated carbocycles. The molecule has 0 aromatic carbocycles. The van der Waals surface area contributed by atoms with Gasteiger partial charge in [0.05, 0.1) is 0 Å². The summed E-state index contributed by atoms with van der Waals surface area (Å²) in [5, 5.41) is 0. The van der Waals surface area contributed by atoms with E-state index in [4.69, 9.17) is 4.74 Å². The molecule has 1 heterocycles. The van der Waals surface area contributed by atoms with E-state index in [2.05, 4.69) is 11.8 Å². The molecule has 1 amide bonds. The average molecular weight is 251 g/mol. The van der Waals surface area contributed by atoms with Crippen LogP contribution in [0, 0.1) is 11.3 Å². The van der Waals surface area contributed by atoms with Gasteiger partial charge in [-0.15, -0.1) is 0 Å². The second-order valence-electron chi connectivity index (χ2n) is 6.42. The lowest BCUT2D eigenvalue weighted by Gasteiger charge is -2.52. The normalized spacial score (nSPS) is 34.6. The minimum atomic E-state index is 0.316. The third kappa shape index (κ3) is 2.18. The number of carbonyl (C=O) groups is 1. The predicted molar refractivity (Wildman–Crippen MR) is 70.2 cm³/mol. The van der Waals surface area contributed by atoms with Crippen LogP contribution in [0.15, 0.2) is 0 Å². The molecule has 3 nitrogen and oxygen atoms in total. The van der Waals surface area contributed by atoms with Gasteiger partial charge in [-0.3, -0.25) is 4.79 Å². The van der Waals surface area contributed by atoms with Gasteiger partial charge >= 0.3 is 0 Å². The highest BCUT2D eigenvalue weighted by molar-refractivity contribution is 5.78. The van der Waals surface area contributed by atoms with Crippen molar-refractivity contribution in [1.29, 1.82) is 0 Å². The summed E-state index contributed by atoms with van der Waals surface area (Å²) >= 11 is 0. The van der Waals surface area contributed by atoms with Crippen LogP contribution in [0.2, 0.25) is 0 Å². The van der Waals surface area contributed by atoms with Gasteiger partial charge in [0.25, 0.3) is 0 Å². The first-order valence-corrected chi connectivity index (χ1v) is 7.62. The summed E-state index contributed by atoms with van der Waals surface area (Å²) < 4.78 is 5.55. The third-order valence-electron chi connectivity index (χ3n) is 5.20. The smallest absolute Gasteiger partial charge is 0.223 e. The Balaban J connectivity index is 1.62. The Hall–Kier alpha value is -0.570. The van der Waals surface area contributed by atoms with E-state index in [1.54, 1.807) is 0 Å². The van der Waals surface area contributed by atoms with Gasteiger partial charge in [0.1, 0.15) is 0 Å². The van der Waals surface area contributed by atoms with Crippen molar-refractivity contribution in [2.45, 2.75) is 57.9 Å². The minimum absolute atomic E-state index is 0.316. The van der Waals surface area contributed by atoms with Crippen LogP contribution in [0.5, 0.6) is 0 Å². The summed E-state index contributed by atoms with van der Waals surface area (Å²) in [5.41, 5.74) is 0.316. The van der Waals surface area contributed by atoms with Gasteiger partial charge in [-0.05, 0) is 49.9 Å². The molecule has 3 aliphatic rings. The highest BCUT2D eigenvalue weighted by Gasteiger charge is 2.50. The molecule has 2 aliphatic carbocycles. The Morgan fingerprint density at radius 2 is 2.17 bits per heavy atom. The predicted octanol–water partition coefficient (Wildman–Crippen LogP) is 2.59. The summed E-state index contributed by atoms with van der Waals surface area (Å²) in [6.07, 6.45) is 7.95. The van der Waals surface area contributed by atoms with Crippen molar-refractivity contribution < 1.29 is 9.53 Å². The number of ether oxygens (including phenoxy) is 1. The van der Waals surface area contributed by atoms with E-state index in [0.717, 1.165) is 39.0 Å². The molecule has 1 saturated heterocycles. The van der Waals surface area contributed by atoms with Crippen molar-refractivity contribution in [3.05, 3.63) is 0 Å². The first-order chi connectivity index (χ1) is 8.75. The molecule has 1 aliphatic heterocycles. The number of carbonyl (C=O) groups excluding carboxylic acids is 1. The summed E-state index contributed by atoms with van der Waals surface area (Å²) in [6, 6.07) is 0.576. The highest BCUT2D eigenvalue weighted by Crippen LogP contribution is 2.54. The molecule has 3 fully saturated rings. The monoisotopic (exact) mass is 251 g/mol. The largest absolute Gasteiger partial charge is 0.381 e. The van der Waals surface area contributed by atoms with Crippen molar-refractivity contribution in [3.63, 3.8) is 0 Å². The Kier molecular flexibility index (Phi) is 3.35. The Morgan fingerprint density at radius 1 is 1.33 bits per heavy atom.